The van der Waals surface area contributed by atoms with Gasteiger partial charge < -0.3 is 0 Å². The number of hydrogen-bond donors (Lipinski definition) is 0. The van der Waals surface area contributed by atoms with E-state index in [9.17, 15) is 0 Å². The van der Waals surface area contributed by atoms with Gasteiger partial charge in [0.15, 0.2) is 0 Å². The van der Waals surface area contributed by atoms with Crippen molar-refractivity contribution in [3.05, 3.63) is 65.7 Å². The summed E-state index contributed by atoms with van der Waals surface area (Å²) >= 11 is 1.97. The van der Waals surface area contributed by atoms with Crippen molar-refractivity contribution in [2.45, 2.75) is 24.3 Å². The van der Waals surface area contributed by atoms with Crippen LogP contribution < -0.4 is 0 Å². The molecule has 20 heavy (non-hydrogen) atoms. The fourth-order valence-electron chi connectivity index (χ4n) is 2.74. The van der Waals surface area contributed by atoms with Gasteiger partial charge in [-0.15, -0.1) is 11.8 Å². The first-order valence-corrected chi connectivity index (χ1v) is 8.37. The van der Waals surface area contributed by atoms with Crippen LogP contribution in [0.1, 0.15) is 17.5 Å². The Hall–Kier alpha value is -1.25. The summed E-state index contributed by atoms with van der Waals surface area (Å²) in [7, 11) is 0. The molecule has 0 unspecified atom stereocenters. The number of benzene rings is 2. The first-order valence-electron chi connectivity index (χ1n) is 7.39. The molecular formula is C18H21NS. The zero-order valence-corrected chi connectivity index (χ0v) is 12.6. The van der Waals surface area contributed by atoms with Gasteiger partial charge in [-0.25, -0.2) is 0 Å². The van der Waals surface area contributed by atoms with Crippen LogP contribution in [0, 0.1) is 0 Å². The molecule has 0 amide bonds. The van der Waals surface area contributed by atoms with Gasteiger partial charge in [0.05, 0.1) is 0 Å². The van der Waals surface area contributed by atoms with Crippen molar-refractivity contribution in [1.29, 1.82) is 0 Å². The van der Waals surface area contributed by atoms with E-state index < -0.39 is 0 Å². The van der Waals surface area contributed by atoms with Crippen molar-refractivity contribution < 1.29 is 0 Å². The van der Waals surface area contributed by atoms with Crippen LogP contribution in [0.2, 0.25) is 0 Å². The Morgan fingerprint density at radius 1 is 0.900 bits per heavy atom. The molecule has 1 aliphatic rings. The summed E-state index contributed by atoms with van der Waals surface area (Å²) in [5.74, 6) is 1.21. The Kier molecular flexibility index (Phi) is 4.77. The molecule has 104 valence electrons. The highest BCUT2D eigenvalue weighted by molar-refractivity contribution is 7.99. The Balaban J connectivity index is 1.42. The van der Waals surface area contributed by atoms with Gasteiger partial charge in [0.1, 0.15) is 0 Å². The van der Waals surface area contributed by atoms with Crippen LogP contribution in [-0.2, 0) is 13.0 Å². The van der Waals surface area contributed by atoms with Crippen LogP contribution >= 0.6 is 11.8 Å². The second kappa shape index (κ2) is 6.96. The summed E-state index contributed by atoms with van der Waals surface area (Å²) < 4.78 is 0. The molecule has 0 N–H and O–H groups in total. The molecule has 3 rings (SSSR count). The van der Waals surface area contributed by atoms with Gasteiger partial charge in [0.2, 0.25) is 0 Å². The van der Waals surface area contributed by atoms with Crippen molar-refractivity contribution in [3.63, 3.8) is 0 Å². The molecule has 0 aromatic heterocycles. The fraction of sp³-hybridized carbons (Fsp3) is 0.333. The summed E-state index contributed by atoms with van der Waals surface area (Å²) in [6, 6.07) is 19.6. The Labute approximate surface area is 126 Å². The minimum Gasteiger partial charge on any atom is -0.299 e. The van der Waals surface area contributed by atoms with E-state index in [4.69, 9.17) is 0 Å². The van der Waals surface area contributed by atoms with Crippen LogP contribution in [0.25, 0.3) is 0 Å². The number of fused-ring (bicyclic) bond motifs is 1. The number of hydrogen-bond acceptors (Lipinski definition) is 2. The summed E-state index contributed by atoms with van der Waals surface area (Å²) in [6.07, 6.45) is 2.48. The lowest BCUT2D eigenvalue weighted by Gasteiger charge is -2.28. The molecule has 1 aliphatic heterocycles. The monoisotopic (exact) mass is 283 g/mol. The standard InChI is InChI=1S/C18H21NS/c1-2-9-18(10-3-1)20-14-6-12-19-13-11-16-7-4-5-8-17(16)15-19/h1-5,7-10H,6,11-15H2. The molecular weight excluding hydrogens is 262 g/mol. The second-order valence-electron chi connectivity index (χ2n) is 5.31. The average molecular weight is 283 g/mol. The molecule has 0 atom stereocenters. The topological polar surface area (TPSA) is 3.24 Å². The fourth-order valence-corrected chi connectivity index (χ4v) is 3.60. The van der Waals surface area contributed by atoms with Gasteiger partial charge in [-0.05, 0) is 48.4 Å². The molecule has 0 aliphatic carbocycles. The van der Waals surface area contributed by atoms with E-state index in [1.54, 1.807) is 5.56 Å². The van der Waals surface area contributed by atoms with Gasteiger partial charge in [0.25, 0.3) is 0 Å². The van der Waals surface area contributed by atoms with Crippen molar-refractivity contribution in [1.82, 2.24) is 4.90 Å². The molecule has 1 nitrogen and oxygen atoms in total. The van der Waals surface area contributed by atoms with Crippen LogP contribution in [0.5, 0.6) is 0 Å². The summed E-state index contributed by atoms with van der Waals surface area (Å²) in [6.45, 7) is 3.56. The third-order valence-electron chi connectivity index (χ3n) is 3.84. The van der Waals surface area contributed by atoms with E-state index in [0.717, 1.165) is 6.54 Å². The molecule has 0 saturated carbocycles. The van der Waals surface area contributed by atoms with Crippen molar-refractivity contribution in [2.24, 2.45) is 0 Å². The first-order chi connectivity index (χ1) is 9.92. The molecule has 0 bridgehead atoms. The smallest absolute Gasteiger partial charge is 0.0236 e. The number of nitrogens with zero attached hydrogens (tertiary/aromatic N) is 1. The Bertz CT molecular complexity index is 538. The van der Waals surface area contributed by atoms with E-state index >= 15 is 0 Å². The maximum absolute atomic E-state index is 2.59. The molecule has 0 radical (unpaired) electrons. The first kappa shape index (κ1) is 13.7. The molecule has 2 heteroatoms. The Morgan fingerprint density at radius 2 is 1.65 bits per heavy atom. The number of thioether (sulfide) groups is 1. The zero-order valence-electron chi connectivity index (χ0n) is 11.8. The lowest BCUT2D eigenvalue weighted by molar-refractivity contribution is 0.255. The molecule has 0 saturated heterocycles. The largest absolute Gasteiger partial charge is 0.299 e. The normalized spacial score (nSPS) is 15.0. The zero-order chi connectivity index (χ0) is 13.6. The SMILES string of the molecule is c1ccc(SCCCN2CCc3ccccc3C2)cc1. The lowest BCUT2D eigenvalue weighted by Crippen LogP contribution is -2.31. The maximum atomic E-state index is 2.59. The van der Waals surface area contributed by atoms with Crippen LogP contribution in [0.4, 0.5) is 0 Å². The number of rotatable bonds is 5. The summed E-state index contributed by atoms with van der Waals surface area (Å²) in [4.78, 5) is 3.98. The van der Waals surface area contributed by atoms with Gasteiger partial charge in [-0.2, -0.15) is 0 Å². The van der Waals surface area contributed by atoms with Crippen molar-refractivity contribution in [3.8, 4) is 0 Å². The lowest BCUT2D eigenvalue weighted by atomic mass is 10.00. The van der Waals surface area contributed by atoms with E-state index in [1.807, 2.05) is 11.8 Å². The molecule has 2 aromatic rings. The summed E-state index contributed by atoms with van der Waals surface area (Å²) in [5, 5.41) is 0. The highest BCUT2D eigenvalue weighted by atomic mass is 32.2. The van der Waals surface area contributed by atoms with E-state index in [-0.39, 0.29) is 0 Å². The minimum atomic E-state index is 1.13. The predicted molar refractivity (Wildman–Crippen MR) is 87.2 cm³/mol. The van der Waals surface area contributed by atoms with E-state index in [0.29, 0.717) is 0 Å². The maximum Gasteiger partial charge on any atom is 0.0236 e. The van der Waals surface area contributed by atoms with Gasteiger partial charge in [-0.3, -0.25) is 4.90 Å². The van der Waals surface area contributed by atoms with Gasteiger partial charge in [0, 0.05) is 18.0 Å². The summed E-state index contributed by atoms with van der Waals surface area (Å²) in [5.41, 5.74) is 3.07. The third-order valence-corrected chi connectivity index (χ3v) is 4.94. The van der Waals surface area contributed by atoms with Crippen LogP contribution in [0.15, 0.2) is 59.5 Å². The van der Waals surface area contributed by atoms with Crippen LogP contribution in [-0.4, -0.2) is 23.7 Å². The van der Waals surface area contributed by atoms with Crippen LogP contribution in [0.3, 0.4) is 0 Å². The quantitative estimate of drug-likeness (QED) is 0.597. The van der Waals surface area contributed by atoms with Gasteiger partial charge >= 0.3 is 0 Å². The van der Waals surface area contributed by atoms with Crippen molar-refractivity contribution in [2.75, 3.05) is 18.8 Å². The molecule has 1 heterocycles. The van der Waals surface area contributed by atoms with Crippen molar-refractivity contribution >= 4 is 11.8 Å². The molecule has 2 aromatic carbocycles. The molecule has 0 fully saturated rings. The Morgan fingerprint density at radius 3 is 2.50 bits per heavy atom. The second-order valence-corrected chi connectivity index (χ2v) is 6.48. The van der Waals surface area contributed by atoms with Gasteiger partial charge in [-0.1, -0.05) is 42.5 Å². The highest BCUT2D eigenvalue weighted by Crippen LogP contribution is 2.20. The van der Waals surface area contributed by atoms with E-state index in [1.165, 1.54) is 42.1 Å². The predicted octanol–water partition coefficient (Wildman–Crippen LogP) is 4.23. The third kappa shape index (κ3) is 3.65. The molecule has 0 spiro atoms. The minimum absolute atomic E-state index is 1.13. The highest BCUT2D eigenvalue weighted by Gasteiger charge is 2.14. The van der Waals surface area contributed by atoms with E-state index in [2.05, 4.69) is 59.5 Å². The average Bonchev–Trinajstić information content (AvgIpc) is 2.52.